The summed E-state index contributed by atoms with van der Waals surface area (Å²) in [5.41, 5.74) is -0.709. The minimum Gasteiger partial charge on any atom is -0.324 e. The van der Waals surface area contributed by atoms with Crippen molar-refractivity contribution in [2.45, 2.75) is 48.8 Å². The van der Waals surface area contributed by atoms with Crippen molar-refractivity contribution in [3.05, 3.63) is 24.3 Å². The number of halogens is 2. The van der Waals surface area contributed by atoms with Crippen LogP contribution >= 0.6 is 11.8 Å². The van der Waals surface area contributed by atoms with Crippen molar-refractivity contribution in [1.82, 2.24) is 10.2 Å². The van der Waals surface area contributed by atoms with Crippen LogP contribution in [0.25, 0.3) is 0 Å². The quantitative estimate of drug-likeness (QED) is 0.589. The number of carbonyl (C=O) groups excluding carboxylic acids is 3. The van der Waals surface area contributed by atoms with Crippen LogP contribution in [0.3, 0.4) is 0 Å². The first-order valence-corrected chi connectivity index (χ1v) is 9.69. The lowest BCUT2D eigenvalue weighted by molar-refractivity contribution is -0.136. The number of thioether (sulfide) groups is 1. The molecule has 2 atom stereocenters. The molecule has 2 aliphatic rings. The van der Waals surface area contributed by atoms with Gasteiger partial charge in [-0.1, -0.05) is 43.7 Å². The summed E-state index contributed by atoms with van der Waals surface area (Å²) >= 11 is 0.321. The molecule has 6 nitrogen and oxygen atoms in total. The van der Waals surface area contributed by atoms with E-state index in [1.54, 1.807) is 12.1 Å². The monoisotopic (exact) mass is 397 g/mol. The standard InChI is InChI=1S/C18H21F2N3O3S/c1-11-6-4-5-9-18(11)15(25)23(17(26)22-18)10-14(24)21-12-7-2-3-8-13(12)27-16(19)20/h2-3,7-8,11,16H,4-6,9-10H2,1H3,(H,21,24)(H,22,26). The first kappa shape index (κ1) is 19.6. The predicted molar refractivity (Wildman–Crippen MR) is 97.5 cm³/mol. The Labute approximate surface area is 160 Å². The normalized spacial score (nSPS) is 25.2. The fourth-order valence-corrected chi connectivity index (χ4v) is 4.34. The lowest BCUT2D eigenvalue weighted by Gasteiger charge is -2.36. The van der Waals surface area contributed by atoms with Gasteiger partial charge in [0, 0.05) is 4.90 Å². The summed E-state index contributed by atoms with van der Waals surface area (Å²) in [5.74, 6) is -3.62. The fourth-order valence-electron chi connectivity index (χ4n) is 3.74. The maximum Gasteiger partial charge on any atom is 0.325 e. The molecule has 1 saturated carbocycles. The molecule has 3 rings (SSSR count). The van der Waals surface area contributed by atoms with Crippen molar-refractivity contribution in [3.8, 4) is 0 Å². The first-order chi connectivity index (χ1) is 12.8. The zero-order valence-corrected chi connectivity index (χ0v) is 15.7. The minimum absolute atomic E-state index is 0.000992. The average molecular weight is 397 g/mol. The Morgan fingerprint density at radius 3 is 2.81 bits per heavy atom. The highest BCUT2D eigenvalue weighted by atomic mass is 32.2. The Hall–Kier alpha value is -2.16. The van der Waals surface area contributed by atoms with Crippen molar-refractivity contribution in [1.29, 1.82) is 0 Å². The second-order valence-corrected chi connectivity index (χ2v) is 7.89. The zero-order chi connectivity index (χ0) is 19.6. The summed E-state index contributed by atoms with van der Waals surface area (Å²) in [4.78, 5) is 38.7. The van der Waals surface area contributed by atoms with E-state index in [9.17, 15) is 23.2 Å². The van der Waals surface area contributed by atoms with Crippen LogP contribution in [0.1, 0.15) is 32.6 Å². The summed E-state index contributed by atoms with van der Waals surface area (Å²) in [6.45, 7) is 1.48. The lowest BCUT2D eigenvalue weighted by Crippen LogP contribution is -2.54. The van der Waals surface area contributed by atoms with Crippen LogP contribution in [0.5, 0.6) is 0 Å². The van der Waals surface area contributed by atoms with Crippen molar-refractivity contribution >= 4 is 35.3 Å². The highest BCUT2D eigenvalue weighted by molar-refractivity contribution is 7.99. The zero-order valence-electron chi connectivity index (χ0n) is 14.8. The molecule has 27 heavy (non-hydrogen) atoms. The summed E-state index contributed by atoms with van der Waals surface area (Å²) in [6.07, 6.45) is 3.24. The smallest absolute Gasteiger partial charge is 0.324 e. The molecule has 0 bridgehead atoms. The molecular weight excluding hydrogens is 376 g/mol. The van der Waals surface area contributed by atoms with Crippen LogP contribution in [-0.4, -0.2) is 40.6 Å². The summed E-state index contributed by atoms with van der Waals surface area (Å²) in [5, 5.41) is 5.30. The van der Waals surface area contributed by atoms with E-state index < -0.39 is 29.8 Å². The molecule has 1 spiro atoms. The topological polar surface area (TPSA) is 78.5 Å². The lowest BCUT2D eigenvalue weighted by atomic mass is 9.73. The van der Waals surface area contributed by atoms with E-state index >= 15 is 0 Å². The SMILES string of the molecule is CC1CCCCC12NC(=O)N(CC(=O)Nc1ccccc1SC(F)F)C2=O. The van der Waals surface area contributed by atoms with Gasteiger partial charge >= 0.3 is 6.03 Å². The summed E-state index contributed by atoms with van der Waals surface area (Å²) in [6, 6.07) is 5.58. The number of alkyl halides is 2. The number of carbonyl (C=O) groups is 3. The number of amides is 4. The number of imide groups is 1. The maximum atomic E-state index is 12.9. The van der Waals surface area contributed by atoms with E-state index in [0.29, 0.717) is 18.2 Å². The third-order valence-electron chi connectivity index (χ3n) is 5.18. The van der Waals surface area contributed by atoms with Gasteiger partial charge in [0.15, 0.2) is 0 Å². The van der Waals surface area contributed by atoms with Gasteiger partial charge in [-0.25, -0.2) is 4.79 Å². The molecule has 1 aromatic rings. The van der Waals surface area contributed by atoms with Crippen molar-refractivity contribution in [2.75, 3.05) is 11.9 Å². The number of nitrogens with one attached hydrogen (secondary N) is 2. The van der Waals surface area contributed by atoms with Crippen molar-refractivity contribution in [3.63, 3.8) is 0 Å². The molecule has 146 valence electrons. The van der Waals surface area contributed by atoms with Gasteiger partial charge in [0.2, 0.25) is 5.91 Å². The molecule has 1 saturated heterocycles. The van der Waals surface area contributed by atoms with Gasteiger partial charge < -0.3 is 10.6 Å². The number of hydrogen-bond donors (Lipinski definition) is 2. The number of benzene rings is 1. The van der Waals surface area contributed by atoms with Gasteiger partial charge in [-0.15, -0.1) is 0 Å². The largest absolute Gasteiger partial charge is 0.325 e. The van der Waals surface area contributed by atoms with Crippen LogP contribution in [0, 0.1) is 5.92 Å². The third kappa shape index (κ3) is 3.92. The Morgan fingerprint density at radius 1 is 1.37 bits per heavy atom. The number of rotatable bonds is 5. The molecule has 4 amide bonds. The van der Waals surface area contributed by atoms with Crippen molar-refractivity contribution < 1.29 is 23.2 Å². The van der Waals surface area contributed by atoms with Crippen LogP contribution in [0.15, 0.2) is 29.2 Å². The van der Waals surface area contributed by atoms with Gasteiger partial charge in [0.25, 0.3) is 11.7 Å². The second kappa shape index (κ2) is 7.84. The van der Waals surface area contributed by atoms with Crippen LogP contribution in [-0.2, 0) is 9.59 Å². The van der Waals surface area contributed by atoms with E-state index in [1.165, 1.54) is 12.1 Å². The van der Waals surface area contributed by atoms with Crippen LogP contribution in [0.2, 0.25) is 0 Å². The van der Waals surface area contributed by atoms with E-state index in [-0.39, 0.29) is 22.4 Å². The summed E-state index contributed by atoms with van der Waals surface area (Å²) < 4.78 is 25.3. The number of hydrogen-bond acceptors (Lipinski definition) is 4. The molecule has 9 heteroatoms. The highest BCUT2D eigenvalue weighted by Gasteiger charge is 2.55. The van der Waals surface area contributed by atoms with Crippen molar-refractivity contribution in [2.24, 2.45) is 5.92 Å². The highest BCUT2D eigenvalue weighted by Crippen LogP contribution is 2.38. The van der Waals surface area contributed by atoms with Gasteiger partial charge in [-0.2, -0.15) is 8.78 Å². The van der Waals surface area contributed by atoms with E-state index in [2.05, 4.69) is 10.6 Å². The molecule has 0 radical (unpaired) electrons. The van der Waals surface area contributed by atoms with Crippen LogP contribution in [0.4, 0.5) is 19.3 Å². The number of nitrogens with zero attached hydrogens (tertiary/aromatic N) is 1. The number of anilines is 1. The van der Waals surface area contributed by atoms with E-state index in [1.807, 2.05) is 6.92 Å². The molecule has 1 aliphatic carbocycles. The molecule has 1 heterocycles. The molecular formula is C18H21F2N3O3S. The molecule has 0 aromatic heterocycles. The maximum absolute atomic E-state index is 12.9. The van der Waals surface area contributed by atoms with Gasteiger partial charge in [0.05, 0.1) is 5.69 Å². The van der Waals surface area contributed by atoms with Gasteiger partial charge in [0.1, 0.15) is 12.1 Å². The van der Waals surface area contributed by atoms with Crippen LogP contribution < -0.4 is 10.6 Å². The minimum atomic E-state index is -2.62. The second-order valence-electron chi connectivity index (χ2n) is 6.86. The molecule has 2 fully saturated rings. The average Bonchev–Trinajstić information content (AvgIpc) is 2.84. The Kier molecular flexibility index (Phi) is 5.69. The Balaban J connectivity index is 1.70. The first-order valence-electron chi connectivity index (χ1n) is 8.81. The molecule has 1 aromatic carbocycles. The Bertz CT molecular complexity index is 761. The summed E-state index contributed by atoms with van der Waals surface area (Å²) in [7, 11) is 0. The number of para-hydroxylation sites is 1. The van der Waals surface area contributed by atoms with E-state index in [4.69, 9.17) is 0 Å². The van der Waals surface area contributed by atoms with E-state index in [0.717, 1.165) is 24.2 Å². The fraction of sp³-hybridized carbons (Fsp3) is 0.500. The Morgan fingerprint density at radius 2 is 2.11 bits per heavy atom. The number of urea groups is 1. The predicted octanol–water partition coefficient (Wildman–Crippen LogP) is 3.44. The van der Waals surface area contributed by atoms with Gasteiger partial charge in [-0.3, -0.25) is 14.5 Å². The molecule has 2 unspecified atom stereocenters. The molecule has 1 aliphatic heterocycles. The molecule has 2 N–H and O–H groups in total. The third-order valence-corrected chi connectivity index (χ3v) is 5.97. The van der Waals surface area contributed by atoms with Gasteiger partial charge in [-0.05, 0) is 30.9 Å².